The molecule has 0 saturated heterocycles. The van der Waals surface area contributed by atoms with Crippen LogP contribution in [0.4, 0.5) is 0 Å². The molecule has 14 heavy (non-hydrogen) atoms. The molecular formula is C12H26O2. The Morgan fingerprint density at radius 3 is 2.14 bits per heavy atom. The molecule has 2 heteroatoms. The highest BCUT2D eigenvalue weighted by molar-refractivity contribution is 4.72. The first kappa shape index (κ1) is 13.9. The van der Waals surface area contributed by atoms with Crippen LogP contribution in [0.5, 0.6) is 0 Å². The van der Waals surface area contributed by atoms with Gasteiger partial charge in [-0.1, -0.05) is 34.6 Å². The minimum Gasteiger partial charge on any atom is -0.396 e. The Labute approximate surface area is 88.7 Å². The van der Waals surface area contributed by atoms with Crippen molar-refractivity contribution in [2.75, 3.05) is 19.8 Å². The largest absolute Gasteiger partial charge is 0.396 e. The van der Waals surface area contributed by atoms with Gasteiger partial charge in [0.15, 0.2) is 0 Å². The molecule has 2 nitrogen and oxygen atoms in total. The second-order valence-electron chi connectivity index (χ2n) is 5.50. The second-order valence-corrected chi connectivity index (χ2v) is 5.50. The molecule has 0 spiro atoms. The fourth-order valence-corrected chi connectivity index (χ4v) is 1.34. The average molecular weight is 202 g/mol. The number of ether oxygens (including phenoxy) is 1. The van der Waals surface area contributed by atoms with E-state index in [4.69, 9.17) is 4.74 Å². The maximum atomic E-state index is 9.21. The minimum atomic E-state index is 0.177. The van der Waals surface area contributed by atoms with Gasteiger partial charge in [0.2, 0.25) is 0 Å². The van der Waals surface area contributed by atoms with E-state index in [9.17, 15) is 5.11 Å². The molecule has 1 unspecified atom stereocenters. The number of rotatable bonds is 6. The third-order valence-electron chi connectivity index (χ3n) is 2.51. The van der Waals surface area contributed by atoms with Crippen LogP contribution in [-0.2, 0) is 4.74 Å². The average Bonchev–Trinajstić information content (AvgIpc) is 2.01. The third kappa shape index (κ3) is 6.39. The SMILES string of the molecule is CC(C)COCCC(CO)C(C)(C)C. The second kappa shape index (κ2) is 6.41. The zero-order valence-corrected chi connectivity index (χ0v) is 10.3. The summed E-state index contributed by atoms with van der Waals surface area (Å²) < 4.78 is 5.51. The van der Waals surface area contributed by atoms with Crippen LogP contribution >= 0.6 is 0 Å². The standard InChI is InChI=1S/C12H26O2/c1-10(2)9-14-7-6-11(8-13)12(3,4)5/h10-11,13H,6-9H2,1-5H3. The van der Waals surface area contributed by atoms with E-state index in [2.05, 4.69) is 34.6 Å². The Morgan fingerprint density at radius 1 is 1.21 bits per heavy atom. The fraction of sp³-hybridized carbons (Fsp3) is 1.00. The van der Waals surface area contributed by atoms with Crippen molar-refractivity contribution in [1.82, 2.24) is 0 Å². The topological polar surface area (TPSA) is 29.5 Å². The highest BCUT2D eigenvalue weighted by Crippen LogP contribution is 2.28. The number of aliphatic hydroxyl groups is 1. The molecule has 0 saturated carbocycles. The van der Waals surface area contributed by atoms with E-state index >= 15 is 0 Å². The summed E-state index contributed by atoms with van der Waals surface area (Å²) in [4.78, 5) is 0. The lowest BCUT2D eigenvalue weighted by molar-refractivity contribution is 0.0577. The Kier molecular flexibility index (Phi) is 6.38. The van der Waals surface area contributed by atoms with Gasteiger partial charge in [-0.15, -0.1) is 0 Å². The number of hydrogen-bond donors (Lipinski definition) is 1. The molecule has 1 N–H and O–H groups in total. The molecule has 0 aliphatic rings. The number of hydrogen-bond acceptors (Lipinski definition) is 2. The van der Waals surface area contributed by atoms with E-state index < -0.39 is 0 Å². The van der Waals surface area contributed by atoms with E-state index in [1.165, 1.54) is 0 Å². The van der Waals surface area contributed by atoms with Crippen molar-refractivity contribution < 1.29 is 9.84 Å². The number of aliphatic hydroxyl groups excluding tert-OH is 1. The Hall–Kier alpha value is -0.0800. The van der Waals surface area contributed by atoms with Gasteiger partial charge in [-0.05, 0) is 23.7 Å². The maximum Gasteiger partial charge on any atom is 0.0488 e. The lowest BCUT2D eigenvalue weighted by Crippen LogP contribution is -2.25. The summed E-state index contributed by atoms with van der Waals surface area (Å²) in [6.07, 6.45) is 0.951. The molecule has 0 amide bonds. The van der Waals surface area contributed by atoms with E-state index in [1.54, 1.807) is 0 Å². The molecule has 0 aliphatic carbocycles. The van der Waals surface area contributed by atoms with Crippen molar-refractivity contribution in [2.24, 2.45) is 17.3 Å². The Morgan fingerprint density at radius 2 is 1.79 bits per heavy atom. The predicted molar refractivity (Wildman–Crippen MR) is 60.3 cm³/mol. The van der Waals surface area contributed by atoms with Crippen molar-refractivity contribution in [2.45, 2.75) is 41.0 Å². The van der Waals surface area contributed by atoms with Gasteiger partial charge >= 0.3 is 0 Å². The molecule has 0 radical (unpaired) electrons. The molecule has 0 aromatic rings. The summed E-state index contributed by atoms with van der Waals surface area (Å²) in [5.41, 5.74) is 0.177. The Balaban J connectivity index is 3.64. The van der Waals surface area contributed by atoms with Crippen LogP contribution in [0.1, 0.15) is 41.0 Å². The molecule has 0 aromatic carbocycles. The van der Waals surface area contributed by atoms with Gasteiger partial charge in [-0.2, -0.15) is 0 Å². The first-order chi connectivity index (χ1) is 6.38. The van der Waals surface area contributed by atoms with E-state index in [1.807, 2.05) is 0 Å². The molecule has 0 aromatic heterocycles. The van der Waals surface area contributed by atoms with Crippen LogP contribution in [0, 0.1) is 17.3 Å². The molecule has 0 fully saturated rings. The van der Waals surface area contributed by atoms with Crippen LogP contribution in [0.3, 0.4) is 0 Å². The minimum absolute atomic E-state index is 0.177. The summed E-state index contributed by atoms with van der Waals surface area (Å²) in [6.45, 7) is 12.6. The molecule has 0 bridgehead atoms. The summed E-state index contributed by atoms with van der Waals surface area (Å²) in [6, 6.07) is 0. The maximum absolute atomic E-state index is 9.21. The van der Waals surface area contributed by atoms with E-state index in [0.717, 1.165) is 19.6 Å². The summed E-state index contributed by atoms with van der Waals surface area (Å²) in [7, 11) is 0. The molecule has 1 atom stereocenters. The molecule has 86 valence electrons. The molecule has 0 rings (SSSR count). The van der Waals surface area contributed by atoms with Crippen molar-refractivity contribution in [1.29, 1.82) is 0 Å². The molecule has 0 aliphatic heterocycles. The zero-order chi connectivity index (χ0) is 11.2. The summed E-state index contributed by atoms with van der Waals surface area (Å²) in [5, 5.41) is 9.21. The highest BCUT2D eigenvalue weighted by Gasteiger charge is 2.23. The lowest BCUT2D eigenvalue weighted by Gasteiger charge is -2.29. The van der Waals surface area contributed by atoms with Gasteiger partial charge in [0.1, 0.15) is 0 Å². The quantitative estimate of drug-likeness (QED) is 0.671. The monoisotopic (exact) mass is 202 g/mol. The van der Waals surface area contributed by atoms with Crippen LogP contribution in [-0.4, -0.2) is 24.9 Å². The van der Waals surface area contributed by atoms with Crippen molar-refractivity contribution in [3.63, 3.8) is 0 Å². The van der Waals surface area contributed by atoms with Gasteiger partial charge in [-0.3, -0.25) is 0 Å². The van der Waals surface area contributed by atoms with Crippen molar-refractivity contribution in [3.05, 3.63) is 0 Å². The van der Waals surface area contributed by atoms with Crippen LogP contribution in [0.25, 0.3) is 0 Å². The van der Waals surface area contributed by atoms with Gasteiger partial charge in [0.25, 0.3) is 0 Å². The first-order valence-electron chi connectivity index (χ1n) is 5.56. The van der Waals surface area contributed by atoms with Crippen LogP contribution < -0.4 is 0 Å². The predicted octanol–water partition coefficient (Wildman–Crippen LogP) is 2.70. The lowest BCUT2D eigenvalue weighted by atomic mass is 9.79. The van der Waals surface area contributed by atoms with Crippen molar-refractivity contribution >= 4 is 0 Å². The molecule has 0 heterocycles. The highest BCUT2D eigenvalue weighted by atomic mass is 16.5. The molecular weight excluding hydrogens is 176 g/mol. The normalized spacial score (nSPS) is 14.8. The van der Waals surface area contributed by atoms with Crippen LogP contribution in [0.15, 0.2) is 0 Å². The Bertz CT molecular complexity index is 136. The van der Waals surface area contributed by atoms with Gasteiger partial charge in [0, 0.05) is 19.8 Å². The van der Waals surface area contributed by atoms with E-state index in [0.29, 0.717) is 11.8 Å². The van der Waals surface area contributed by atoms with Gasteiger partial charge in [-0.25, -0.2) is 0 Å². The van der Waals surface area contributed by atoms with Gasteiger partial charge < -0.3 is 9.84 Å². The fourth-order valence-electron chi connectivity index (χ4n) is 1.34. The first-order valence-corrected chi connectivity index (χ1v) is 5.56. The van der Waals surface area contributed by atoms with Crippen LogP contribution in [0.2, 0.25) is 0 Å². The van der Waals surface area contributed by atoms with Gasteiger partial charge in [0.05, 0.1) is 0 Å². The third-order valence-corrected chi connectivity index (χ3v) is 2.51. The smallest absolute Gasteiger partial charge is 0.0488 e. The summed E-state index contributed by atoms with van der Waals surface area (Å²) in [5.74, 6) is 0.937. The van der Waals surface area contributed by atoms with Crippen molar-refractivity contribution in [3.8, 4) is 0 Å². The zero-order valence-electron chi connectivity index (χ0n) is 10.3. The summed E-state index contributed by atoms with van der Waals surface area (Å²) >= 11 is 0. The van der Waals surface area contributed by atoms with E-state index in [-0.39, 0.29) is 12.0 Å².